The SMILES string of the molecule is CO[C@H]1C(C=O)OC2OC(C)(C)OC21. The summed E-state index contributed by atoms with van der Waals surface area (Å²) in [6.45, 7) is 3.61. The molecule has 5 heteroatoms. The third kappa shape index (κ3) is 1.46. The Morgan fingerprint density at radius 3 is 2.64 bits per heavy atom. The van der Waals surface area contributed by atoms with Crippen LogP contribution in [0.25, 0.3) is 0 Å². The van der Waals surface area contributed by atoms with E-state index >= 15 is 0 Å². The minimum Gasteiger partial charge on any atom is -0.375 e. The molecule has 0 N–H and O–H groups in total. The highest BCUT2D eigenvalue weighted by atomic mass is 16.8. The van der Waals surface area contributed by atoms with Gasteiger partial charge in [0.25, 0.3) is 0 Å². The standard InChI is InChI=1S/C9H14O5/c1-9(2)13-7-6(11-3)5(4-10)12-8(7)14-9/h4-8H,1-3H3/t5?,6-,7?,8?/m0/s1. The second-order valence-corrected chi connectivity index (χ2v) is 3.91. The van der Waals surface area contributed by atoms with Crippen molar-refractivity contribution in [2.45, 2.75) is 44.2 Å². The second-order valence-electron chi connectivity index (χ2n) is 3.91. The molecular formula is C9H14O5. The van der Waals surface area contributed by atoms with E-state index in [-0.39, 0.29) is 12.2 Å². The van der Waals surface area contributed by atoms with Crippen molar-refractivity contribution in [2.24, 2.45) is 0 Å². The highest BCUT2D eigenvalue weighted by molar-refractivity contribution is 5.58. The molecular weight excluding hydrogens is 188 g/mol. The molecule has 2 heterocycles. The van der Waals surface area contributed by atoms with Crippen molar-refractivity contribution in [3.05, 3.63) is 0 Å². The van der Waals surface area contributed by atoms with E-state index in [2.05, 4.69) is 0 Å². The van der Waals surface area contributed by atoms with Gasteiger partial charge in [0.2, 0.25) is 0 Å². The quantitative estimate of drug-likeness (QED) is 0.593. The van der Waals surface area contributed by atoms with Gasteiger partial charge < -0.3 is 23.7 Å². The van der Waals surface area contributed by atoms with Gasteiger partial charge in [0.05, 0.1) is 0 Å². The van der Waals surface area contributed by atoms with E-state index in [0.717, 1.165) is 0 Å². The summed E-state index contributed by atoms with van der Waals surface area (Å²) in [6, 6.07) is 0. The summed E-state index contributed by atoms with van der Waals surface area (Å²) >= 11 is 0. The minimum atomic E-state index is -0.667. The molecule has 0 spiro atoms. The first-order valence-electron chi connectivity index (χ1n) is 4.56. The van der Waals surface area contributed by atoms with E-state index in [1.54, 1.807) is 13.8 Å². The van der Waals surface area contributed by atoms with Gasteiger partial charge in [0, 0.05) is 7.11 Å². The van der Waals surface area contributed by atoms with Gasteiger partial charge in [-0.1, -0.05) is 0 Å². The minimum absolute atomic E-state index is 0.315. The summed E-state index contributed by atoms with van der Waals surface area (Å²) in [5.41, 5.74) is 0. The average Bonchev–Trinajstić information content (AvgIpc) is 2.55. The largest absolute Gasteiger partial charge is 0.375 e. The highest BCUT2D eigenvalue weighted by Gasteiger charge is 2.55. The first-order valence-corrected chi connectivity index (χ1v) is 4.56. The molecule has 2 fully saturated rings. The molecule has 0 amide bonds. The van der Waals surface area contributed by atoms with Gasteiger partial charge in [-0.2, -0.15) is 0 Å². The number of ether oxygens (including phenoxy) is 4. The molecule has 2 aliphatic rings. The number of fused-ring (bicyclic) bond motifs is 1. The molecule has 0 aromatic carbocycles. The topological polar surface area (TPSA) is 54.0 Å². The lowest BCUT2D eigenvalue weighted by atomic mass is 10.1. The van der Waals surface area contributed by atoms with E-state index < -0.39 is 18.2 Å². The van der Waals surface area contributed by atoms with Crippen LogP contribution in [0.15, 0.2) is 0 Å². The maximum Gasteiger partial charge on any atom is 0.190 e. The van der Waals surface area contributed by atoms with Crippen LogP contribution in [-0.4, -0.2) is 43.8 Å². The number of rotatable bonds is 2. The van der Waals surface area contributed by atoms with Gasteiger partial charge in [-0.15, -0.1) is 0 Å². The maximum absolute atomic E-state index is 10.7. The Kier molecular flexibility index (Phi) is 2.35. The summed E-state index contributed by atoms with van der Waals surface area (Å²) in [4.78, 5) is 10.7. The Morgan fingerprint density at radius 1 is 1.36 bits per heavy atom. The van der Waals surface area contributed by atoms with Crippen LogP contribution >= 0.6 is 0 Å². The second kappa shape index (κ2) is 3.27. The van der Waals surface area contributed by atoms with Crippen molar-refractivity contribution in [3.63, 3.8) is 0 Å². The summed E-state index contributed by atoms with van der Waals surface area (Å²) < 4.78 is 21.5. The summed E-state index contributed by atoms with van der Waals surface area (Å²) in [5, 5.41) is 0. The molecule has 3 unspecified atom stereocenters. The number of carbonyl (C=O) groups is 1. The van der Waals surface area contributed by atoms with Gasteiger partial charge in [-0.05, 0) is 13.8 Å². The Labute approximate surface area is 82.3 Å². The molecule has 0 bridgehead atoms. The van der Waals surface area contributed by atoms with Crippen LogP contribution in [0.2, 0.25) is 0 Å². The predicted octanol–water partition coefficient (Wildman–Crippen LogP) is 0.0767. The first kappa shape index (κ1) is 10.0. The fourth-order valence-corrected chi connectivity index (χ4v) is 1.88. The van der Waals surface area contributed by atoms with Crippen molar-refractivity contribution in [1.82, 2.24) is 0 Å². The van der Waals surface area contributed by atoms with Crippen molar-refractivity contribution >= 4 is 6.29 Å². The van der Waals surface area contributed by atoms with Crippen molar-refractivity contribution < 1.29 is 23.7 Å². The smallest absolute Gasteiger partial charge is 0.190 e. The van der Waals surface area contributed by atoms with Crippen LogP contribution in [0.1, 0.15) is 13.8 Å². The molecule has 80 valence electrons. The molecule has 2 rings (SSSR count). The third-order valence-electron chi connectivity index (χ3n) is 2.43. The van der Waals surface area contributed by atoms with Crippen LogP contribution in [0.3, 0.4) is 0 Å². The number of hydrogen-bond acceptors (Lipinski definition) is 5. The highest BCUT2D eigenvalue weighted by Crippen LogP contribution is 2.37. The number of carbonyl (C=O) groups excluding carboxylic acids is 1. The van der Waals surface area contributed by atoms with E-state index in [0.29, 0.717) is 6.29 Å². The molecule has 0 aromatic rings. The van der Waals surface area contributed by atoms with Crippen LogP contribution in [-0.2, 0) is 23.7 Å². The number of aldehydes is 1. The van der Waals surface area contributed by atoms with Crippen molar-refractivity contribution in [3.8, 4) is 0 Å². The molecule has 0 radical (unpaired) electrons. The third-order valence-corrected chi connectivity index (χ3v) is 2.43. The van der Waals surface area contributed by atoms with E-state index in [1.807, 2.05) is 0 Å². The van der Waals surface area contributed by atoms with E-state index in [4.69, 9.17) is 18.9 Å². The number of hydrogen-bond donors (Lipinski definition) is 0. The zero-order valence-corrected chi connectivity index (χ0v) is 8.43. The van der Waals surface area contributed by atoms with Gasteiger partial charge in [0.1, 0.15) is 18.3 Å². The zero-order valence-electron chi connectivity index (χ0n) is 8.43. The van der Waals surface area contributed by atoms with Crippen LogP contribution in [0.4, 0.5) is 0 Å². The lowest BCUT2D eigenvalue weighted by Crippen LogP contribution is -2.36. The Hall–Kier alpha value is -0.490. The Morgan fingerprint density at radius 2 is 2.07 bits per heavy atom. The Bertz CT molecular complexity index is 239. The fraction of sp³-hybridized carbons (Fsp3) is 0.889. The lowest BCUT2D eigenvalue weighted by Gasteiger charge is -2.22. The van der Waals surface area contributed by atoms with Gasteiger partial charge in [-0.3, -0.25) is 0 Å². The summed E-state index contributed by atoms with van der Waals surface area (Å²) in [7, 11) is 1.53. The molecule has 0 aromatic heterocycles. The predicted molar refractivity (Wildman–Crippen MR) is 45.6 cm³/mol. The summed E-state index contributed by atoms with van der Waals surface area (Å²) in [5.74, 6) is -0.667. The molecule has 2 aliphatic heterocycles. The van der Waals surface area contributed by atoms with Gasteiger partial charge >= 0.3 is 0 Å². The van der Waals surface area contributed by atoms with E-state index in [9.17, 15) is 4.79 Å². The molecule has 0 saturated carbocycles. The normalized spacial score (nSPS) is 45.1. The number of methoxy groups -OCH3 is 1. The molecule has 14 heavy (non-hydrogen) atoms. The van der Waals surface area contributed by atoms with Gasteiger partial charge in [-0.25, -0.2) is 0 Å². The first-order chi connectivity index (χ1) is 6.57. The van der Waals surface area contributed by atoms with Crippen LogP contribution in [0.5, 0.6) is 0 Å². The lowest BCUT2D eigenvalue weighted by molar-refractivity contribution is -0.213. The maximum atomic E-state index is 10.7. The molecule has 4 atom stereocenters. The van der Waals surface area contributed by atoms with E-state index in [1.165, 1.54) is 7.11 Å². The zero-order chi connectivity index (χ0) is 10.3. The van der Waals surface area contributed by atoms with Gasteiger partial charge in [0.15, 0.2) is 18.4 Å². The van der Waals surface area contributed by atoms with Crippen LogP contribution < -0.4 is 0 Å². The van der Waals surface area contributed by atoms with Crippen molar-refractivity contribution in [2.75, 3.05) is 7.11 Å². The fourth-order valence-electron chi connectivity index (χ4n) is 1.88. The van der Waals surface area contributed by atoms with Crippen molar-refractivity contribution in [1.29, 1.82) is 0 Å². The van der Waals surface area contributed by atoms with Crippen LogP contribution in [0, 0.1) is 0 Å². The molecule has 5 nitrogen and oxygen atoms in total. The molecule has 2 saturated heterocycles. The Balaban J connectivity index is 2.13. The molecule has 0 aliphatic carbocycles. The average molecular weight is 202 g/mol. The summed E-state index contributed by atoms with van der Waals surface area (Å²) in [6.07, 6.45) is -1.06. The monoisotopic (exact) mass is 202 g/mol.